The summed E-state index contributed by atoms with van der Waals surface area (Å²) in [4.78, 5) is 3.95. The van der Waals surface area contributed by atoms with E-state index in [1.165, 1.54) is 16.8 Å². The summed E-state index contributed by atoms with van der Waals surface area (Å²) >= 11 is 0. The first-order valence-electron chi connectivity index (χ1n) is 6.74. The third-order valence-electron chi connectivity index (χ3n) is 3.32. The van der Waals surface area contributed by atoms with Crippen LogP contribution in [0.4, 0.5) is 0 Å². The van der Waals surface area contributed by atoms with Crippen LogP contribution in [0.1, 0.15) is 18.1 Å². The minimum Gasteiger partial charge on any atom is -0.339 e. The molecule has 6 nitrogen and oxygen atoms in total. The van der Waals surface area contributed by atoms with Crippen molar-refractivity contribution in [3.05, 3.63) is 47.9 Å². The number of hydrogen-bond donors (Lipinski definition) is 1. The van der Waals surface area contributed by atoms with Gasteiger partial charge in [-0.3, -0.25) is 0 Å². The number of imidazole rings is 1. The number of nitrogens with two attached hydrogens (primary N) is 1. The summed E-state index contributed by atoms with van der Waals surface area (Å²) in [7, 11) is -1.85. The van der Waals surface area contributed by atoms with E-state index in [0.717, 1.165) is 11.1 Å². The van der Waals surface area contributed by atoms with Gasteiger partial charge in [-0.1, -0.05) is 31.2 Å². The van der Waals surface area contributed by atoms with E-state index in [-0.39, 0.29) is 5.03 Å². The Balaban J connectivity index is 2.32. The van der Waals surface area contributed by atoms with Crippen molar-refractivity contribution in [3.8, 4) is 0 Å². The van der Waals surface area contributed by atoms with Gasteiger partial charge in [-0.2, -0.15) is 4.31 Å². The molecule has 0 radical (unpaired) electrons. The highest BCUT2D eigenvalue weighted by Crippen LogP contribution is 2.18. The van der Waals surface area contributed by atoms with Gasteiger partial charge in [-0.25, -0.2) is 13.4 Å². The van der Waals surface area contributed by atoms with E-state index in [2.05, 4.69) is 4.98 Å². The topological polar surface area (TPSA) is 81.2 Å². The van der Waals surface area contributed by atoms with Gasteiger partial charge in [-0.05, 0) is 11.1 Å². The average molecular weight is 308 g/mol. The SMILES string of the molecule is CCN(Cc1ccccc1CN)S(=O)(=O)c1cn(C)cn1. The van der Waals surface area contributed by atoms with E-state index in [1.54, 1.807) is 11.6 Å². The Morgan fingerprint density at radius 2 is 1.95 bits per heavy atom. The molecule has 0 saturated heterocycles. The van der Waals surface area contributed by atoms with Crippen molar-refractivity contribution in [2.75, 3.05) is 6.54 Å². The van der Waals surface area contributed by atoms with Gasteiger partial charge < -0.3 is 10.3 Å². The van der Waals surface area contributed by atoms with Gasteiger partial charge in [0.05, 0.1) is 6.33 Å². The first kappa shape index (κ1) is 15.7. The lowest BCUT2D eigenvalue weighted by Crippen LogP contribution is -2.31. The molecule has 0 aliphatic heterocycles. The van der Waals surface area contributed by atoms with Gasteiger partial charge >= 0.3 is 0 Å². The molecule has 7 heteroatoms. The quantitative estimate of drug-likeness (QED) is 0.866. The number of rotatable bonds is 6. The lowest BCUT2D eigenvalue weighted by molar-refractivity contribution is 0.420. The largest absolute Gasteiger partial charge is 0.339 e. The molecular formula is C14H20N4O2S. The highest BCUT2D eigenvalue weighted by Gasteiger charge is 2.25. The molecule has 0 fully saturated rings. The summed E-state index contributed by atoms with van der Waals surface area (Å²) in [6.07, 6.45) is 2.99. The van der Waals surface area contributed by atoms with Crippen LogP contribution >= 0.6 is 0 Å². The Hall–Kier alpha value is -1.70. The van der Waals surface area contributed by atoms with Crippen LogP contribution in [0.2, 0.25) is 0 Å². The zero-order chi connectivity index (χ0) is 15.5. The van der Waals surface area contributed by atoms with Gasteiger partial charge in [0.2, 0.25) is 0 Å². The van der Waals surface area contributed by atoms with Gasteiger partial charge in [0.1, 0.15) is 0 Å². The standard InChI is InChI=1S/C14H20N4O2S/c1-3-18(9-13-7-5-4-6-12(13)8-15)21(19,20)14-10-17(2)11-16-14/h4-7,10-11H,3,8-9,15H2,1-2H3. The first-order valence-corrected chi connectivity index (χ1v) is 8.18. The minimum absolute atomic E-state index is 0.0667. The molecule has 1 aromatic carbocycles. The van der Waals surface area contributed by atoms with Crippen LogP contribution in [0, 0.1) is 0 Å². The smallest absolute Gasteiger partial charge is 0.262 e. The molecule has 0 saturated carbocycles. The van der Waals surface area contributed by atoms with E-state index in [1.807, 2.05) is 31.2 Å². The zero-order valence-electron chi connectivity index (χ0n) is 12.2. The Labute approximate surface area is 125 Å². The molecule has 0 aliphatic rings. The van der Waals surface area contributed by atoms with E-state index in [9.17, 15) is 8.42 Å². The van der Waals surface area contributed by atoms with Gasteiger partial charge in [0.25, 0.3) is 10.0 Å². The number of hydrogen-bond acceptors (Lipinski definition) is 4. The van der Waals surface area contributed by atoms with E-state index in [4.69, 9.17) is 5.73 Å². The van der Waals surface area contributed by atoms with Crippen LogP contribution in [-0.2, 0) is 30.2 Å². The second-order valence-electron chi connectivity index (χ2n) is 4.78. The van der Waals surface area contributed by atoms with Crippen molar-refractivity contribution in [1.82, 2.24) is 13.9 Å². The fraction of sp³-hybridized carbons (Fsp3) is 0.357. The van der Waals surface area contributed by atoms with Crippen LogP contribution in [0.15, 0.2) is 41.8 Å². The highest BCUT2D eigenvalue weighted by atomic mass is 32.2. The van der Waals surface area contributed by atoms with Gasteiger partial charge in [0.15, 0.2) is 5.03 Å². The number of sulfonamides is 1. The number of nitrogens with zero attached hydrogens (tertiary/aromatic N) is 3. The minimum atomic E-state index is -3.59. The van der Waals surface area contributed by atoms with Crippen molar-refractivity contribution < 1.29 is 8.42 Å². The molecule has 0 spiro atoms. The van der Waals surface area contributed by atoms with Crippen LogP contribution < -0.4 is 5.73 Å². The lowest BCUT2D eigenvalue weighted by atomic mass is 10.1. The second kappa shape index (κ2) is 6.38. The number of aryl methyl sites for hydroxylation is 1. The zero-order valence-corrected chi connectivity index (χ0v) is 13.0. The normalized spacial score (nSPS) is 12.0. The summed E-state index contributed by atoms with van der Waals surface area (Å²) in [6, 6.07) is 7.60. The summed E-state index contributed by atoms with van der Waals surface area (Å²) < 4.78 is 28.2. The predicted molar refractivity (Wildman–Crippen MR) is 80.8 cm³/mol. The molecule has 0 unspecified atom stereocenters. The molecule has 114 valence electrons. The Morgan fingerprint density at radius 3 is 2.48 bits per heavy atom. The molecule has 21 heavy (non-hydrogen) atoms. The molecule has 0 bridgehead atoms. The van der Waals surface area contributed by atoms with Crippen LogP contribution in [0.25, 0.3) is 0 Å². The van der Waals surface area contributed by atoms with E-state index >= 15 is 0 Å². The second-order valence-corrected chi connectivity index (χ2v) is 6.67. The maximum Gasteiger partial charge on any atom is 0.262 e. The van der Waals surface area contributed by atoms with Gasteiger partial charge in [-0.15, -0.1) is 0 Å². The lowest BCUT2D eigenvalue weighted by Gasteiger charge is -2.20. The fourth-order valence-corrected chi connectivity index (χ4v) is 3.52. The molecule has 0 aliphatic carbocycles. The van der Waals surface area contributed by atoms with Crippen molar-refractivity contribution in [3.63, 3.8) is 0 Å². The van der Waals surface area contributed by atoms with Crippen LogP contribution in [-0.4, -0.2) is 28.8 Å². The Kier molecular flexibility index (Phi) is 4.76. The van der Waals surface area contributed by atoms with Crippen molar-refractivity contribution in [2.45, 2.75) is 25.0 Å². The molecule has 2 rings (SSSR count). The Morgan fingerprint density at radius 1 is 1.29 bits per heavy atom. The third-order valence-corrected chi connectivity index (χ3v) is 5.13. The van der Waals surface area contributed by atoms with Crippen molar-refractivity contribution in [2.24, 2.45) is 12.8 Å². The molecule has 0 amide bonds. The molecule has 1 heterocycles. The van der Waals surface area contributed by atoms with E-state index < -0.39 is 10.0 Å². The Bertz CT molecular complexity index is 709. The van der Waals surface area contributed by atoms with Crippen LogP contribution in [0.3, 0.4) is 0 Å². The van der Waals surface area contributed by atoms with Gasteiger partial charge in [0, 0.05) is 32.9 Å². The van der Waals surface area contributed by atoms with Crippen LogP contribution in [0.5, 0.6) is 0 Å². The molecule has 2 aromatic rings. The molecular weight excluding hydrogens is 288 g/mol. The van der Waals surface area contributed by atoms with E-state index in [0.29, 0.717) is 19.6 Å². The van der Waals surface area contributed by atoms with Crippen molar-refractivity contribution in [1.29, 1.82) is 0 Å². The molecule has 0 atom stereocenters. The highest BCUT2D eigenvalue weighted by molar-refractivity contribution is 7.89. The summed E-state index contributed by atoms with van der Waals surface area (Å²) in [6.45, 7) is 2.86. The average Bonchev–Trinajstić information content (AvgIpc) is 2.92. The maximum absolute atomic E-state index is 12.6. The first-order chi connectivity index (χ1) is 9.98. The summed E-state index contributed by atoms with van der Waals surface area (Å²) in [5.74, 6) is 0. The number of aromatic nitrogens is 2. The van der Waals surface area contributed by atoms with Crippen molar-refractivity contribution >= 4 is 10.0 Å². The monoisotopic (exact) mass is 308 g/mol. The number of benzene rings is 1. The predicted octanol–water partition coefficient (Wildman–Crippen LogP) is 1.09. The summed E-state index contributed by atoms with van der Waals surface area (Å²) in [5.41, 5.74) is 7.58. The summed E-state index contributed by atoms with van der Waals surface area (Å²) in [5, 5.41) is 0.0667. The third kappa shape index (κ3) is 3.31. The molecule has 1 aromatic heterocycles. The molecule has 2 N–H and O–H groups in total. The maximum atomic E-state index is 12.6. The fourth-order valence-electron chi connectivity index (χ4n) is 2.12.